The molecule has 0 amide bonds. The molecular formula is C11H18O4. The van der Waals surface area contributed by atoms with Gasteiger partial charge in [-0.25, -0.2) is 0 Å². The Kier molecular flexibility index (Phi) is 4.65. The summed E-state index contributed by atoms with van der Waals surface area (Å²) in [6.45, 7) is 8.00. The Morgan fingerprint density at radius 1 is 1.20 bits per heavy atom. The lowest BCUT2D eigenvalue weighted by molar-refractivity contribution is -0.156. The molecule has 0 saturated carbocycles. The maximum absolute atomic E-state index is 11.4. The molecule has 0 N–H and O–H groups in total. The maximum atomic E-state index is 11.4. The molecule has 0 aromatic heterocycles. The zero-order valence-electron chi connectivity index (χ0n) is 9.92. The molecule has 0 saturated heterocycles. The highest BCUT2D eigenvalue weighted by Crippen LogP contribution is 2.10. The largest absolute Gasteiger partial charge is 0.460 e. The molecule has 0 bridgehead atoms. The lowest BCUT2D eigenvalue weighted by Gasteiger charge is -2.19. The van der Waals surface area contributed by atoms with Gasteiger partial charge in [0.05, 0.1) is 5.92 Å². The average molecular weight is 214 g/mol. The monoisotopic (exact) mass is 214 g/mol. The predicted molar refractivity (Wildman–Crippen MR) is 55.3 cm³/mol. The minimum atomic E-state index is -0.725. The van der Waals surface area contributed by atoms with E-state index in [0.29, 0.717) is 0 Å². The molecule has 15 heavy (non-hydrogen) atoms. The summed E-state index contributed by atoms with van der Waals surface area (Å²) in [7, 11) is 0. The molecule has 0 radical (unpaired) electrons. The van der Waals surface area contributed by atoms with E-state index in [-0.39, 0.29) is 12.2 Å². The predicted octanol–water partition coefficient (Wildman–Crippen LogP) is 1.51. The van der Waals surface area contributed by atoms with Crippen molar-refractivity contribution in [3.05, 3.63) is 0 Å². The number of Topliss-reactive ketones (excluding diaryl/α,β-unsaturated/α-hetero) is 2. The Labute approximate surface area is 90.0 Å². The second-order valence-corrected chi connectivity index (χ2v) is 4.56. The van der Waals surface area contributed by atoms with Crippen LogP contribution in [0.4, 0.5) is 0 Å². The van der Waals surface area contributed by atoms with Crippen LogP contribution in [0.3, 0.4) is 0 Å². The second kappa shape index (κ2) is 5.05. The number of rotatable bonds is 4. The molecular weight excluding hydrogens is 196 g/mol. The molecule has 0 aromatic rings. The molecule has 4 nitrogen and oxygen atoms in total. The van der Waals surface area contributed by atoms with Gasteiger partial charge in [-0.1, -0.05) is 0 Å². The highest BCUT2D eigenvalue weighted by atomic mass is 16.6. The number of ketones is 2. The van der Waals surface area contributed by atoms with E-state index in [2.05, 4.69) is 0 Å². The normalized spacial score (nSPS) is 13.1. The van der Waals surface area contributed by atoms with Gasteiger partial charge in [-0.2, -0.15) is 0 Å². The number of carbonyl (C=O) groups excluding carboxylic acids is 3. The number of esters is 1. The van der Waals surface area contributed by atoms with Crippen LogP contribution in [0.2, 0.25) is 0 Å². The van der Waals surface area contributed by atoms with Gasteiger partial charge in [0.1, 0.15) is 17.8 Å². The average Bonchev–Trinajstić information content (AvgIpc) is 1.98. The third-order valence-corrected chi connectivity index (χ3v) is 1.83. The summed E-state index contributed by atoms with van der Waals surface area (Å²) >= 11 is 0. The van der Waals surface area contributed by atoms with Crippen LogP contribution in [-0.4, -0.2) is 23.1 Å². The summed E-state index contributed by atoms with van der Waals surface area (Å²) in [6, 6.07) is 0. The highest BCUT2D eigenvalue weighted by Gasteiger charge is 2.23. The summed E-state index contributed by atoms with van der Waals surface area (Å²) < 4.78 is 4.97. The van der Waals surface area contributed by atoms with Crippen molar-refractivity contribution < 1.29 is 19.1 Å². The van der Waals surface area contributed by atoms with E-state index in [0.717, 1.165) is 0 Å². The smallest absolute Gasteiger partial charge is 0.313 e. The van der Waals surface area contributed by atoms with Gasteiger partial charge in [-0.05, 0) is 34.6 Å². The first-order valence-corrected chi connectivity index (χ1v) is 4.88. The van der Waals surface area contributed by atoms with Gasteiger partial charge in [0.2, 0.25) is 0 Å². The van der Waals surface area contributed by atoms with Crippen LogP contribution in [-0.2, 0) is 19.1 Å². The van der Waals surface area contributed by atoms with E-state index in [1.54, 1.807) is 20.8 Å². The lowest BCUT2D eigenvalue weighted by Crippen LogP contribution is -2.28. The van der Waals surface area contributed by atoms with Gasteiger partial charge < -0.3 is 4.74 Å². The fraction of sp³-hybridized carbons (Fsp3) is 0.727. The molecule has 0 rings (SSSR count). The van der Waals surface area contributed by atoms with Crippen LogP contribution in [0, 0.1) is 5.92 Å². The van der Waals surface area contributed by atoms with E-state index in [4.69, 9.17) is 4.74 Å². The standard InChI is InChI=1S/C11H18O4/c1-7(8(2)12)9(13)6-10(14)15-11(3,4)5/h7H,6H2,1-5H3/t7-/m1/s1. The van der Waals surface area contributed by atoms with Gasteiger partial charge in [0, 0.05) is 0 Å². The lowest BCUT2D eigenvalue weighted by atomic mass is 10.00. The number of hydrogen-bond donors (Lipinski definition) is 0. The van der Waals surface area contributed by atoms with Crippen LogP contribution in [0.25, 0.3) is 0 Å². The van der Waals surface area contributed by atoms with Crippen molar-refractivity contribution in [2.75, 3.05) is 0 Å². The third-order valence-electron chi connectivity index (χ3n) is 1.83. The maximum Gasteiger partial charge on any atom is 0.313 e. The molecule has 0 aliphatic carbocycles. The van der Waals surface area contributed by atoms with Crippen LogP contribution >= 0.6 is 0 Å². The topological polar surface area (TPSA) is 60.4 Å². The summed E-state index contributed by atoms with van der Waals surface area (Å²) in [6.07, 6.45) is -0.335. The summed E-state index contributed by atoms with van der Waals surface area (Å²) in [4.78, 5) is 33.5. The molecule has 0 aromatic carbocycles. The molecule has 1 atom stereocenters. The van der Waals surface area contributed by atoms with Crippen molar-refractivity contribution in [1.82, 2.24) is 0 Å². The molecule has 0 spiro atoms. The van der Waals surface area contributed by atoms with Crippen LogP contribution < -0.4 is 0 Å². The fourth-order valence-electron chi connectivity index (χ4n) is 0.900. The van der Waals surface area contributed by atoms with Gasteiger partial charge in [-0.15, -0.1) is 0 Å². The Morgan fingerprint density at radius 2 is 1.67 bits per heavy atom. The van der Waals surface area contributed by atoms with Crippen molar-refractivity contribution in [2.45, 2.75) is 46.6 Å². The van der Waals surface area contributed by atoms with E-state index < -0.39 is 23.3 Å². The molecule has 0 fully saturated rings. The molecule has 0 heterocycles. The molecule has 0 aliphatic heterocycles. The Morgan fingerprint density at radius 3 is 2.00 bits per heavy atom. The van der Waals surface area contributed by atoms with Crippen molar-refractivity contribution in [1.29, 1.82) is 0 Å². The zero-order chi connectivity index (χ0) is 12.2. The fourth-order valence-corrected chi connectivity index (χ4v) is 0.900. The Balaban J connectivity index is 4.20. The minimum Gasteiger partial charge on any atom is -0.460 e. The number of ether oxygens (including phenoxy) is 1. The van der Waals surface area contributed by atoms with Gasteiger partial charge in [-0.3, -0.25) is 14.4 Å². The Hall–Kier alpha value is -1.19. The third kappa shape index (κ3) is 5.99. The Bertz CT molecular complexity index is 273. The minimum absolute atomic E-state index is 0.233. The molecule has 4 heteroatoms. The van der Waals surface area contributed by atoms with Crippen LogP contribution in [0.5, 0.6) is 0 Å². The van der Waals surface area contributed by atoms with E-state index in [1.165, 1.54) is 13.8 Å². The highest BCUT2D eigenvalue weighted by molar-refractivity contribution is 6.07. The van der Waals surface area contributed by atoms with Gasteiger partial charge in [0.25, 0.3) is 0 Å². The number of hydrogen-bond acceptors (Lipinski definition) is 4. The van der Waals surface area contributed by atoms with Crippen molar-refractivity contribution in [3.63, 3.8) is 0 Å². The van der Waals surface area contributed by atoms with Crippen LogP contribution in [0.1, 0.15) is 41.0 Å². The number of carbonyl (C=O) groups is 3. The van der Waals surface area contributed by atoms with Crippen molar-refractivity contribution in [3.8, 4) is 0 Å². The molecule has 0 unspecified atom stereocenters. The summed E-state index contributed by atoms with van der Waals surface area (Å²) in [5.41, 5.74) is -0.600. The summed E-state index contributed by atoms with van der Waals surface area (Å²) in [5.74, 6) is -1.93. The molecule has 0 aliphatic rings. The SMILES string of the molecule is CC(=O)[C@@H](C)C(=O)CC(=O)OC(C)(C)C. The first kappa shape index (κ1) is 13.8. The van der Waals surface area contributed by atoms with E-state index in [1.807, 2.05) is 0 Å². The first-order valence-electron chi connectivity index (χ1n) is 4.88. The zero-order valence-corrected chi connectivity index (χ0v) is 9.92. The van der Waals surface area contributed by atoms with E-state index >= 15 is 0 Å². The second-order valence-electron chi connectivity index (χ2n) is 4.56. The van der Waals surface area contributed by atoms with Crippen molar-refractivity contribution >= 4 is 17.5 Å². The van der Waals surface area contributed by atoms with Crippen LogP contribution in [0.15, 0.2) is 0 Å². The first-order chi connectivity index (χ1) is 6.63. The summed E-state index contributed by atoms with van der Waals surface area (Å²) in [5, 5.41) is 0. The van der Waals surface area contributed by atoms with E-state index in [9.17, 15) is 14.4 Å². The van der Waals surface area contributed by atoms with Crippen molar-refractivity contribution in [2.24, 2.45) is 5.92 Å². The quantitative estimate of drug-likeness (QED) is 0.525. The van der Waals surface area contributed by atoms with Gasteiger partial charge in [0.15, 0.2) is 5.78 Å². The molecule has 86 valence electrons. The van der Waals surface area contributed by atoms with Gasteiger partial charge >= 0.3 is 5.97 Å².